The third kappa shape index (κ3) is 2.91. The number of fused-ring (bicyclic) bond motifs is 1. The third-order valence-electron chi connectivity index (χ3n) is 5.21. The highest BCUT2D eigenvalue weighted by atomic mass is 15.1. The first-order chi connectivity index (χ1) is 11.3. The molecule has 23 heavy (non-hydrogen) atoms. The maximum absolute atomic E-state index is 3.57. The van der Waals surface area contributed by atoms with E-state index in [1.54, 1.807) is 11.1 Å². The highest BCUT2D eigenvalue weighted by molar-refractivity contribution is 5.60. The summed E-state index contributed by atoms with van der Waals surface area (Å²) in [6.07, 6.45) is 1.19. The van der Waals surface area contributed by atoms with Crippen molar-refractivity contribution >= 4 is 5.69 Å². The first-order valence-electron chi connectivity index (χ1n) is 8.59. The lowest BCUT2D eigenvalue weighted by atomic mass is 9.85. The van der Waals surface area contributed by atoms with Crippen molar-refractivity contribution in [3.05, 3.63) is 76.9 Å². The van der Waals surface area contributed by atoms with E-state index >= 15 is 0 Å². The Morgan fingerprint density at radius 3 is 2.65 bits per heavy atom. The van der Waals surface area contributed by atoms with Crippen molar-refractivity contribution in [2.24, 2.45) is 0 Å². The lowest BCUT2D eigenvalue weighted by Crippen LogP contribution is -2.32. The van der Waals surface area contributed by atoms with Gasteiger partial charge in [-0.25, -0.2) is 0 Å². The van der Waals surface area contributed by atoms with E-state index in [9.17, 15) is 0 Å². The van der Waals surface area contributed by atoms with E-state index in [0.29, 0.717) is 5.92 Å². The fraction of sp³-hybridized carbons (Fsp3) is 0.333. The van der Waals surface area contributed by atoms with Gasteiger partial charge in [0.25, 0.3) is 0 Å². The summed E-state index contributed by atoms with van der Waals surface area (Å²) in [7, 11) is 0. The Morgan fingerprint density at radius 2 is 1.83 bits per heavy atom. The van der Waals surface area contributed by atoms with Crippen LogP contribution in [0.3, 0.4) is 0 Å². The maximum atomic E-state index is 3.57. The number of para-hydroxylation sites is 1. The average molecular weight is 304 g/mol. The topological polar surface area (TPSA) is 15.3 Å². The molecule has 0 bridgehead atoms. The molecule has 2 nitrogen and oxygen atoms in total. The van der Waals surface area contributed by atoms with Crippen molar-refractivity contribution in [3.8, 4) is 0 Å². The highest BCUT2D eigenvalue weighted by Gasteiger charge is 2.28. The van der Waals surface area contributed by atoms with Crippen molar-refractivity contribution in [1.29, 1.82) is 0 Å². The molecule has 2 aromatic rings. The average Bonchev–Trinajstić information content (AvgIpc) is 3.00. The monoisotopic (exact) mass is 304 g/mol. The van der Waals surface area contributed by atoms with Crippen molar-refractivity contribution in [3.63, 3.8) is 0 Å². The van der Waals surface area contributed by atoms with E-state index in [1.807, 2.05) is 0 Å². The Bertz CT molecular complexity index is 718. The van der Waals surface area contributed by atoms with Crippen molar-refractivity contribution in [2.75, 3.05) is 25.0 Å². The molecule has 118 valence electrons. The SMILES string of the molecule is CC1=C(C2CNc3ccccc32)CCN(Cc2ccccc2)C1. The van der Waals surface area contributed by atoms with Crippen LogP contribution in [0, 0.1) is 0 Å². The third-order valence-corrected chi connectivity index (χ3v) is 5.21. The molecule has 0 aliphatic carbocycles. The number of anilines is 1. The Kier molecular flexibility index (Phi) is 3.92. The molecule has 2 aliphatic rings. The lowest BCUT2D eigenvalue weighted by molar-refractivity contribution is 0.274. The molecule has 0 radical (unpaired) electrons. The van der Waals surface area contributed by atoms with Gasteiger partial charge in [-0.2, -0.15) is 0 Å². The molecule has 2 aliphatic heterocycles. The minimum Gasteiger partial charge on any atom is -0.384 e. The lowest BCUT2D eigenvalue weighted by Gasteiger charge is -2.32. The Labute approximate surface area is 138 Å². The van der Waals surface area contributed by atoms with Crippen molar-refractivity contribution < 1.29 is 0 Å². The van der Waals surface area contributed by atoms with Crippen LogP contribution in [0.15, 0.2) is 65.7 Å². The van der Waals surface area contributed by atoms with Crippen LogP contribution in [-0.2, 0) is 6.54 Å². The van der Waals surface area contributed by atoms with Crippen LogP contribution >= 0.6 is 0 Å². The van der Waals surface area contributed by atoms with E-state index in [4.69, 9.17) is 0 Å². The summed E-state index contributed by atoms with van der Waals surface area (Å²) in [6.45, 7) is 6.71. The summed E-state index contributed by atoms with van der Waals surface area (Å²) in [4.78, 5) is 2.57. The predicted octanol–water partition coefficient (Wildman–Crippen LogP) is 4.42. The summed E-state index contributed by atoms with van der Waals surface area (Å²) in [6, 6.07) is 19.6. The Hall–Kier alpha value is -2.06. The summed E-state index contributed by atoms with van der Waals surface area (Å²) in [5.74, 6) is 0.574. The van der Waals surface area contributed by atoms with Gasteiger partial charge in [0.15, 0.2) is 0 Å². The van der Waals surface area contributed by atoms with Gasteiger partial charge in [0.05, 0.1) is 0 Å². The fourth-order valence-electron chi connectivity index (χ4n) is 4.05. The number of rotatable bonds is 3. The van der Waals surface area contributed by atoms with Gasteiger partial charge in [-0.15, -0.1) is 0 Å². The van der Waals surface area contributed by atoms with Gasteiger partial charge in [-0.1, -0.05) is 59.7 Å². The van der Waals surface area contributed by atoms with E-state index in [0.717, 1.165) is 19.6 Å². The van der Waals surface area contributed by atoms with Crippen LogP contribution in [0.1, 0.15) is 30.4 Å². The van der Waals surface area contributed by atoms with Crippen LogP contribution in [0.4, 0.5) is 5.69 Å². The maximum Gasteiger partial charge on any atom is 0.0379 e. The van der Waals surface area contributed by atoms with Crippen LogP contribution < -0.4 is 5.32 Å². The fourth-order valence-corrected chi connectivity index (χ4v) is 4.05. The molecule has 0 aromatic heterocycles. The van der Waals surface area contributed by atoms with Gasteiger partial charge in [0.1, 0.15) is 0 Å². The quantitative estimate of drug-likeness (QED) is 0.845. The molecular formula is C21H24N2. The summed E-state index contributed by atoms with van der Waals surface area (Å²) >= 11 is 0. The van der Waals surface area contributed by atoms with Gasteiger partial charge in [-0.05, 0) is 30.5 Å². The highest BCUT2D eigenvalue weighted by Crippen LogP contribution is 2.39. The number of hydrogen-bond donors (Lipinski definition) is 1. The molecule has 0 saturated heterocycles. The van der Waals surface area contributed by atoms with E-state index < -0.39 is 0 Å². The molecule has 0 fully saturated rings. The molecule has 2 heteroatoms. The van der Waals surface area contributed by atoms with Crippen LogP contribution in [-0.4, -0.2) is 24.5 Å². The van der Waals surface area contributed by atoms with Gasteiger partial charge >= 0.3 is 0 Å². The van der Waals surface area contributed by atoms with Crippen LogP contribution in [0.2, 0.25) is 0 Å². The molecule has 1 N–H and O–H groups in total. The second-order valence-electron chi connectivity index (χ2n) is 6.77. The Morgan fingerprint density at radius 1 is 1.04 bits per heavy atom. The first-order valence-corrected chi connectivity index (χ1v) is 8.59. The molecule has 2 aromatic carbocycles. The van der Waals surface area contributed by atoms with Gasteiger partial charge < -0.3 is 5.32 Å². The second-order valence-corrected chi connectivity index (χ2v) is 6.77. The number of nitrogens with zero attached hydrogens (tertiary/aromatic N) is 1. The van der Waals surface area contributed by atoms with Crippen molar-refractivity contribution in [1.82, 2.24) is 4.90 Å². The summed E-state index contributed by atoms with van der Waals surface area (Å²) < 4.78 is 0. The number of hydrogen-bond acceptors (Lipinski definition) is 2. The smallest absolute Gasteiger partial charge is 0.0379 e. The minimum absolute atomic E-state index is 0.574. The summed E-state index contributed by atoms with van der Waals surface area (Å²) in [5, 5.41) is 3.57. The number of nitrogens with one attached hydrogen (secondary N) is 1. The molecule has 2 heterocycles. The normalized spacial score (nSPS) is 21.2. The Balaban J connectivity index is 1.50. The zero-order valence-electron chi connectivity index (χ0n) is 13.8. The molecule has 0 spiro atoms. The van der Waals surface area contributed by atoms with E-state index in [1.165, 1.54) is 29.8 Å². The standard InChI is InChI=1S/C21H24N2/c1-16-14-23(15-17-7-3-2-4-8-17)12-11-18(16)20-13-22-21-10-6-5-9-19(20)21/h2-10,20,22H,11-15H2,1H3. The van der Waals surface area contributed by atoms with E-state index in [2.05, 4.69) is 71.7 Å². The molecule has 0 amide bonds. The summed E-state index contributed by atoms with van der Waals surface area (Å²) in [5.41, 5.74) is 7.45. The molecular weight excluding hydrogens is 280 g/mol. The minimum atomic E-state index is 0.574. The van der Waals surface area contributed by atoms with Gasteiger partial charge in [-0.3, -0.25) is 4.90 Å². The van der Waals surface area contributed by atoms with E-state index in [-0.39, 0.29) is 0 Å². The second kappa shape index (κ2) is 6.21. The van der Waals surface area contributed by atoms with Crippen LogP contribution in [0.5, 0.6) is 0 Å². The van der Waals surface area contributed by atoms with Gasteiger partial charge in [0, 0.05) is 37.8 Å². The molecule has 1 atom stereocenters. The molecule has 1 unspecified atom stereocenters. The zero-order chi connectivity index (χ0) is 15.6. The van der Waals surface area contributed by atoms with Crippen LogP contribution in [0.25, 0.3) is 0 Å². The number of benzene rings is 2. The predicted molar refractivity (Wildman–Crippen MR) is 96.7 cm³/mol. The van der Waals surface area contributed by atoms with Crippen molar-refractivity contribution in [2.45, 2.75) is 25.8 Å². The molecule has 4 rings (SSSR count). The first kappa shape index (κ1) is 14.5. The van der Waals surface area contributed by atoms with Gasteiger partial charge in [0.2, 0.25) is 0 Å². The molecule has 0 saturated carbocycles. The zero-order valence-corrected chi connectivity index (χ0v) is 13.8. The largest absolute Gasteiger partial charge is 0.384 e.